The molecule has 0 unspecified atom stereocenters. The van der Waals surface area contributed by atoms with Crippen LogP contribution in [0.2, 0.25) is 0 Å². The monoisotopic (exact) mass is 367 g/mol. The second kappa shape index (κ2) is 7.43. The first-order valence-electron chi connectivity index (χ1n) is 10.1. The van der Waals surface area contributed by atoms with E-state index in [1.165, 1.54) is 24.0 Å². The average Bonchev–Trinajstić information content (AvgIpc) is 3.04. The average molecular weight is 367 g/mol. The Bertz CT molecular complexity index is 835. The minimum atomic E-state index is -0.0946. The van der Waals surface area contributed by atoms with E-state index in [1.807, 2.05) is 11.6 Å². The van der Waals surface area contributed by atoms with Crippen molar-refractivity contribution in [3.63, 3.8) is 0 Å². The minimum absolute atomic E-state index is 0.0946. The third-order valence-corrected chi connectivity index (χ3v) is 6.12. The van der Waals surface area contributed by atoms with Gasteiger partial charge in [0.05, 0.1) is 11.4 Å². The summed E-state index contributed by atoms with van der Waals surface area (Å²) in [5, 5.41) is 11.7. The van der Waals surface area contributed by atoms with Gasteiger partial charge in [0.1, 0.15) is 0 Å². The van der Waals surface area contributed by atoms with Crippen molar-refractivity contribution in [2.24, 2.45) is 5.92 Å². The number of nitrogens with one attached hydrogen (secondary N) is 1. The molecule has 4 rings (SSSR count). The Morgan fingerprint density at radius 2 is 2.00 bits per heavy atom. The van der Waals surface area contributed by atoms with Gasteiger partial charge in [-0.1, -0.05) is 24.3 Å². The van der Waals surface area contributed by atoms with Gasteiger partial charge in [-0.3, -0.25) is 4.79 Å². The molecule has 0 atom stereocenters. The van der Waals surface area contributed by atoms with Crippen molar-refractivity contribution in [3.05, 3.63) is 40.7 Å². The Balaban J connectivity index is 1.56. The fourth-order valence-electron chi connectivity index (χ4n) is 4.35. The summed E-state index contributed by atoms with van der Waals surface area (Å²) in [4.78, 5) is 15.1. The first kappa shape index (κ1) is 18.2. The summed E-state index contributed by atoms with van der Waals surface area (Å²) >= 11 is 0. The zero-order valence-electron chi connectivity index (χ0n) is 16.5. The zero-order chi connectivity index (χ0) is 19.0. The topological polar surface area (TPSA) is 63.1 Å². The molecule has 0 bridgehead atoms. The molecule has 1 saturated carbocycles. The second-order valence-electron chi connectivity index (χ2n) is 8.27. The summed E-state index contributed by atoms with van der Waals surface area (Å²) in [6, 6.07) is 6.59. The Kier molecular flexibility index (Phi) is 5.00. The van der Waals surface area contributed by atoms with E-state index in [2.05, 4.69) is 52.7 Å². The van der Waals surface area contributed by atoms with Crippen LogP contribution < -0.4 is 5.32 Å². The van der Waals surface area contributed by atoms with Gasteiger partial charge in [0.25, 0.3) is 5.91 Å². The van der Waals surface area contributed by atoms with Crippen LogP contribution in [0.4, 0.5) is 0 Å². The molecule has 6 heteroatoms. The summed E-state index contributed by atoms with van der Waals surface area (Å²) in [7, 11) is 2.14. The molecular formula is C21H29N5O. The molecular weight excluding hydrogens is 338 g/mol. The van der Waals surface area contributed by atoms with Crippen molar-refractivity contribution in [2.45, 2.75) is 58.5 Å². The predicted molar refractivity (Wildman–Crippen MR) is 105 cm³/mol. The molecule has 2 aromatic rings. The molecule has 0 saturated heterocycles. The molecule has 1 aromatic carbocycles. The SMILES string of the molecule is Cc1c(C(=O)NC2CCC(C)CC2)nnn1-c1cccc2c1CCN(C)C2. The van der Waals surface area contributed by atoms with E-state index in [4.69, 9.17) is 0 Å². The lowest BCUT2D eigenvalue weighted by molar-refractivity contribution is 0.0917. The van der Waals surface area contributed by atoms with Crippen LogP contribution in [0.5, 0.6) is 0 Å². The number of fused-ring (bicyclic) bond motifs is 1. The van der Waals surface area contributed by atoms with E-state index in [1.54, 1.807) is 0 Å². The maximum atomic E-state index is 12.8. The molecule has 1 amide bonds. The molecule has 2 aliphatic rings. The largest absolute Gasteiger partial charge is 0.348 e. The van der Waals surface area contributed by atoms with Gasteiger partial charge in [-0.05, 0) is 69.2 Å². The predicted octanol–water partition coefficient (Wildman–Crippen LogP) is 2.87. The summed E-state index contributed by atoms with van der Waals surface area (Å²) in [5.74, 6) is 0.673. The van der Waals surface area contributed by atoms with Crippen LogP contribution in [0.15, 0.2) is 18.2 Å². The number of benzene rings is 1. The Morgan fingerprint density at radius 1 is 1.22 bits per heavy atom. The van der Waals surface area contributed by atoms with Crippen molar-refractivity contribution in [1.29, 1.82) is 0 Å². The van der Waals surface area contributed by atoms with Gasteiger partial charge in [0.2, 0.25) is 0 Å². The van der Waals surface area contributed by atoms with E-state index in [0.717, 1.165) is 49.7 Å². The highest BCUT2D eigenvalue weighted by Gasteiger charge is 2.25. The third kappa shape index (κ3) is 3.63. The minimum Gasteiger partial charge on any atom is -0.348 e. The highest BCUT2D eigenvalue weighted by atomic mass is 16.2. The molecule has 1 aliphatic carbocycles. The van der Waals surface area contributed by atoms with E-state index in [9.17, 15) is 4.79 Å². The first-order chi connectivity index (χ1) is 13.0. The number of hydrogen-bond donors (Lipinski definition) is 1. The lowest BCUT2D eigenvalue weighted by Gasteiger charge is -2.27. The van der Waals surface area contributed by atoms with Crippen molar-refractivity contribution < 1.29 is 4.79 Å². The number of hydrogen-bond acceptors (Lipinski definition) is 4. The molecule has 2 heterocycles. The van der Waals surface area contributed by atoms with Gasteiger partial charge >= 0.3 is 0 Å². The second-order valence-corrected chi connectivity index (χ2v) is 8.27. The molecule has 1 aromatic heterocycles. The van der Waals surface area contributed by atoms with E-state index < -0.39 is 0 Å². The third-order valence-electron chi connectivity index (χ3n) is 6.12. The lowest BCUT2D eigenvalue weighted by Crippen LogP contribution is -2.37. The van der Waals surface area contributed by atoms with Gasteiger partial charge in [0, 0.05) is 19.1 Å². The standard InChI is InChI=1S/C21H29N5O/c1-14-7-9-17(10-8-14)22-21(27)20-15(2)26(24-23-20)19-6-4-5-16-13-25(3)12-11-18(16)19/h4-6,14,17H,7-13H2,1-3H3,(H,22,27). The van der Waals surface area contributed by atoms with Crippen LogP contribution in [0, 0.1) is 12.8 Å². The van der Waals surface area contributed by atoms with Gasteiger partial charge in [-0.25, -0.2) is 4.68 Å². The van der Waals surface area contributed by atoms with Crippen LogP contribution in [-0.4, -0.2) is 45.4 Å². The Morgan fingerprint density at radius 3 is 2.78 bits per heavy atom. The Labute approximate surface area is 160 Å². The number of rotatable bonds is 3. The highest BCUT2D eigenvalue weighted by molar-refractivity contribution is 5.93. The number of likely N-dealkylation sites (N-methyl/N-ethyl adjacent to an activating group) is 1. The van der Waals surface area contributed by atoms with E-state index >= 15 is 0 Å². The number of carbonyl (C=O) groups excluding carboxylic acids is 1. The van der Waals surface area contributed by atoms with Crippen LogP contribution >= 0.6 is 0 Å². The van der Waals surface area contributed by atoms with Gasteiger partial charge in [-0.15, -0.1) is 5.10 Å². The number of carbonyl (C=O) groups is 1. The van der Waals surface area contributed by atoms with Crippen molar-refractivity contribution in [1.82, 2.24) is 25.2 Å². The molecule has 27 heavy (non-hydrogen) atoms. The highest BCUT2D eigenvalue weighted by Crippen LogP contribution is 2.26. The van der Waals surface area contributed by atoms with Crippen molar-refractivity contribution in [2.75, 3.05) is 13.6 Å². The zero-order valence-corrected chi connectivity index (χ0v) is 16.5. The summed E-state index contributed by atoms with van der Waals surface area (Å²) in [5.41, 5.74) is 4.95. The summed E-state index contributed by atoms with van der Waals surface area (Å²) in [6.45, 7) is 6.20. The maximum absolute atomic E-state index is 12.8. The lowest BCUT2D eigenvalue weighted by atomic mass is 9.87. The molecule has 1 fully saturated rings. The molecule has 144 valence electrons. The quantitative estimate of drug-likeness (QED) is 0.906. The van der Waals surface area contributed by atoms with Crippen LogP contribution in [-0.2, 0) is 13.0 Å². The maximum Gasteiger partial charge on any atom is 0.273 e. The van der Waals surface area contributed by atoms with E-state index in [0.29, 0.717) is 5.69 Å². The van der Waals surface area contributed by atoms with Gasteiger partial charge in [-0.2, -0.15) is 0 Å². The molecule has 6 nitrogen and oxygen atoms in total. The number of nitrogens with zero attached hydrogens (tertiary/aromatic N) is 4. The first-order valence-corrected chi connectivity index (χ1v) is 10.1. The van der Waals surface area contributed by atoms with E-state index in [-0.39, 0.29) is 11.9 Å². The Hall–Kier alpha value is -2.21. The molecule has 1 aliphatic heterocycles. The molecule has 0 spiro atoms. The number of amides is 1. The van der Waals surface area contributed by atoms with Crippen molar-refractivity contribution in [3.8, 4) is 5.69 Å². The molecule has 0 radical (unpaired) electrons. The number of aromatic nitrogens is 3. The normalized spacial score (nSPS) is 23.1. The van der Waals surface area contributed by atoms with Crippen LogP contribution in [0.25, 0.3) is 5.69 Å². The van der Waals surface area contributed by atoms with Crippen molar-refractivity contribution >= 4 is 5.91 Å². The van der Waals surface area contributed by atoms with Gasteiger partial charge in [0.15, 0.2) is 5.69 Å². The van der Waals surface area contributed by atoms with Crippen LogP contribution in [0.3, 0.4) is 0 Å². The van der Waals surface area contributed by atoms with Crippen LogP contribution in [0.1, 0.15) is 59.9 Å². The molecule has 1 N–H and O–H groups in total. The fraction of sp³-hybridized carbons (Fsp3) is 0.571. The smallest absolute Gasteiger partial charge is 0.273 e. The summed E-state index contributed by atoms with van der Waals surface area (Å²) in [6.07, 6.45) is 5.46. The fourth-order valence-corrected chi connectivity index (χ4v) is 4.35. The summed E-state index contributed by atoms with van der Waals surface area (Å²) < 4.78 is 1.84. The van der Waals surface area contributed by atoms with Gasteiger partial charge < -0.3 is 10.2 Å².